The molecule has 1 rings (SSSR count). The molecule has 4 heteroatoms. The molecule has 0 aromatic heterocycles. The highest BCUT2D eigenvalue weighted by Gasteiger charge is 2.35. The molecule has 14 heavy (non-hydrogen) atoms. The van der Waals surface area contributed by atoms with Crippen molar-refractivity contribution < 1.29 is 13.9 Å². The number of hydrogen-bond donors (Lipinski definition) is 1. The molecule has 1 aromatic carbocycles. The van der Waals surface area contributed by atoms with E-state index in [0.717, 1.165) is 5.56 Å². The molecule has 0 heterocycles. The maximum absolute atomic E-state index is 12.4. The third-order valence-electron chi connectivity index (χ3n) is 1.93. The number of aliphatic hydroxyl groups is 1. The number of rotatable bonds is 3. The SMILES string of the molecule is Cc1ccc(CC(O)C(F)(F)Cl)cc1. The summed E-state index contributed by atoms with van der Waals surface area (Å²) in [6.07, 6.45) is -1.98. The molecule has 0 saturated carbocycles. The van der Waals surface area contributed by atoms with Crippen molar-refractivity contribution in [3.63, 3.8) is 0 Å². The molecule has 0 bridgehead atoms. The Morgan fingerprint density at radius 1 is 1.36 bits per heavy atom. The molecule has 0 aliphatic carbocycles. The average molecular weight is 221 g/mol. The fraction of sp³-hybridized carbons (Fsp3) is 0.400. The Hall–Kier alpha value is -0.670. The van der Waals surface area contributed by atoms with Gasteiger partial charge in [-0.2, -0.15) is 8.78 Å². The van der Waals surface area contributed by atoms with Crippen LogP contribution in [-0.4, -0.2) is 16.6 Å². The molecule has 0 amide bonds. The maximum atomic E-state index is 12.4. The zero-order valence-electron chi connectivity index (χ0n) is 7.67. The lowest BCUT2D eigenvalue weighted by molar-refractivity contribution is -0.0397. The number of benzene rings is 1. The summed E-state index contributed by atoms with van der Waals surface area (Å²) in [5.41, 5.74) is 1.68. The predicted octanol–water partition coefficient (Wildman–Crippen LogP) is 2.73. The van der Waals surface area contributed by atoms with Crippen LogP contribution in [0.1, 0.15) is 11.1 Å². The smallest absolute Gasteiger partial charge is 0.347 e. The Morgan fingerprint density at radius 3 is 2.29 bits per heavy atom. The summed E-state index contributed by atoms with van der Waals surface area (Å²) in [7, 11) is 0. The van der Waals surface area contributed by atoms with Crippen LogP contribution in [0.15, 0.2) is 24.3 Å². The monoisotopic (exact) mass is 220 g/mol. The van der Waals surface area contributed by atoms with Gasteiger partial charge < -0.3 is 5.11 Å². The Bertz CT molecular complexity index is 292. The summed E-state index contributed by atoms with van der Waals surface area (Å²) in [5.74, 6) is 0. The van der Waals surface area contributed by atoms with Gasteiger partial charge in [-0.1, -0.05) is 29.8 Å². The van der Waals surface area contributed by atoms with Crippen molar-refractivity contribution in [2.24, 2.45) is 0 Å². The van der Waals surface area contributed by atoms with Crippen molar-refractivity contribution in [1.29, 1.82) is 0 Å². The van der Waals surface area contributed by atoms with E-state index in [1.54, 1.807) is 24.3 Å². The number of aryl methyl sites for hydroxylation is 1. The van der Waals surface area contributed by atoms with Gasteiger partial charge in [0.05, 0.1) is 0 Å². The van der Waals surface area contributed by atoms with E-state index in [1.807, 2.05) is 6.92 Å². The van der Waals surface area contributed by atoms with Crippen LogP contribution in [-0.2, 0) is 6.42 Å². The molecule has 0 aliphatic heterocycles. The molecule has 0 spiro atoms. The maximum Gasteiger partial charge on any atom is 0.347 e. The molecule has 0 saturated heterocycles. The molecule has 1 N–H and O–H groups in total. The standard InChI is InChI=1S/C10H11ClF2O/c1-7-2-4-8(5-3-7)6-9(14)10(11,12)13/h2-5,9,14H,6H2,1H3. The zero-order chi connectivity index (χ0) is 10.8. The van der Waals surface area contributed by atoms with Gasteiger partial charge >= 0.3 is 5.38 Å². The van der Waals surface area contributed by atoms with Gasteiger partial charge in [-0.25, -0.2) is 0 Å². The Labute approximate surface area is 86.3 Å². The van der Waals surface area contributed by atoms with E-state index in [2.05, 4.69) is 11.6 Å². The lowest BCUT2D eigenvalue weighted by Gasteiger charge is -2.15. The first kappa shape index (κ1) is 11.4. The van der Waals surface area contributed by atoms with Crippen LogP contribution >= 0.6 is 11.6 Å². The van der Waals surface area contributed by atoms with Crippen molar-refractivity contribution in [3.8, 4) is 0 Å². The first-order valence-electron chi connectivity index (χ1n) is 4.20. The van der Waals surface area contributed by atoms with Crippen LogP contribution < -0.4 is 0 Å². The second kappa shape index (κ2) is 4.24. The second-order valence-corrected chi connectivity index (χ2v) is 3.75. The van der Waals surface area contributed by atoms with Crippen LogP contribution in [0.5, 0.6) is 0 Å². The Kier molecular flexibility index (Phi) is 3.45. The number of hydrogen-bond acceptors (Lipinski definition) is 1. The van der Waals surface area contributed by atoms with Gasteiger partial charge in [0, 0.05) is 6.42 Å². The molecule has 1 aromatic rings. The molecular formula is C10H11ClF2O. The summed E-state index contributed by atoms with van der Waals surface area (Å²) >= 11 is 4.68. The van der Waals surface area contributed by atoms with Crippen molar-refractivity contribution in [3.05, 3.63) is 35.4 Å². The van der Waals surface area contributed by atoms with Gasteiger partial charge in [0.25, 0.3) is 0 Å². The van der Waals surface area contributed by atoms with Gasteiger partial charge in [0.15, 0.2) is 0 Å². The Balaban J connectivity index is 2.65. The van der Waals surface area contributed by atoms with Gasteiger partial charge in [0.2, 0.25) is 0 Å². The fourth-order valence-electron chi connectivity index (χ4n) is 1.06. The van der Waals surface area contributed by atoms with E-state index in [1.165, 1.54) is 0 Å². The summed E-state index contributed by atoms with van der Waals surface area (Å²) in [4.78, 5) is 0. The third kappa shape index (κ3) is 3.24. The van der Waals surface area contributed by atoms with Crippen molar-refractivity contribution >= 4 is 11.6 Å². The van der Waals surface area contributed by atoms with Crippen LogP contribution in [0.3, 0.4) is 0 Å². The zero-order valence-corrected chi connectivity index (χ0v) is 8.43. The van der Waals surface area contributed by atoms with Crippen LogP contribution in [0.4, 0.5) is 8.78 Å². The van der Waals surface area contributed by atoms with Crippen LogP contribution in [0.2, 0.25) is 0 Å². The van der Waals surface area contributed by atoms with Crippen molar-refractivity contribution in [2.45, 2.75) is 24.8 Å². The van der Waals surface area contributed by atoms with Gasteiger partial charge in [-0.15, -0.1) is 0 Å². The molecule has 0 aliphatic rings. The third-order valence-corrected chi connectivity index (χ3v) is 2.18. The summed E-state index contributed by atoms with van der Waals surface area (Å²) in [6.45, 7) is 1.90. The minimum Gasteiger partial charge on any atom is -0.385 e. The molecule has 78 valence electrons. The molecule has 0 radical (unpaired) electrons. The topological polar surface area (TPSA) is 20.2 Å². The first-order valence-corrected chi connectivity index (χ1v) is 4.57. The highest BCUT2D eigenvalue weighted by molar-refractivity contribution is 6.22. The summed E-state index contributed by atoms with van der Waals surface area (Å²) in [6, 6.07) is 6.99. The molecule has 0 fully saturated rings. The number of halogens is 3. The molecule has 1 unspecified atom stereocenters. The minimum absolute atomic E-state index is 0.142. The van der Waals surface area contributed by atoms with Gasteiger partial charge in [0.1, 0.15) is 6.10 Å². The first-order chi connectivity index (χ1) is 6.39. The quantitative estimate of drug-likeness (QED) is 0.777. The van der Waals surface area contributed by atoms with E-state index in [-0.39, 0.29) is 6.42 Å². The van der Waals surface area contributed by atoms with E-state index in [9.17, 15) is 8.78 Å². The molecule has 1 atom stereocenters. The van der Waals surface area contributed by atoms with E-state index >= 15 is 0 Å². The van der Waals surface area contributed by atoms with E-state index in [4.69, 9.17) is 5.11 Å². The van der Waals surface area contributed by atoms with Gasteiger partial charge in [-0.05, 0) is 24.1 Å². The minimum atomic E-state index is -3.56. The van der Waals surface area contributed by atoms with Crippen molar-refractivity contribution in [1.82, 2.24) is 0 Å². The normalized spacial score (nSPS) is 14.1. The summed E-state index contributed by atoms with van der Waals surface area (Å²) in [5, 5.41) is 5.46. The van der Waals surface area contributed by atoms with E-state index < -0.39 is 11.5 Å². The number of alkyl halides is 3. The van der Waals surface area contributed by atoms with Crippen molar-refractivity contribution in [2.75, 3.05) is 0 Å². The highest BCUT2D eigenvalue weighted by atomic mass is 35.5. The highest BCUT2D eigenvalue weighted by Crippen LogP contribution is 2.25. The lowest BCUT2D eigenvalue weighted by Crippen LogP contribution is -2.29. The molecule has 1 nitrogen and oxygen atoms in total. The second-order valence-electron chi connectivity index (χ2n) is 3.25. The van der Waals surface area contributed by atoms with E-state index in [0.29, 0.717) is 5.56 Å². The van der Waals surface area contributed by atoms with Crippen LogP contribution in [0, 0.1) is 6.92 Å². The average Bonchev–Trinajstić information content (AvgIpc) is 2.07. The largest absolute Gasteiger partial charge is 0.385 e. The Morgan fingerprint density at radius 2 is 1.86 bits per heavy atom. The van der Waals surface area contributed by atoms with Gasteiger partial charge in [-0.3, -0.25) is 0 Å². The lowest BCUT2D eigenvalue weighted by atomic mass is 10.1. The fourth-order valence-corrected chi connectivity index (χ4v) is 1.14. The summed E-state index contributed by atoms with van der Waals surface area (Å²) < 4.78 is 24.8. The molecular weight excluding hydrogens is 210 g/mol. The van der Waals surface area contributed by atoms with Crippen LogP contribution in [0.25, 0.3) is 0 Å². The predicted molar refractivity (Wildman–Crippen MR) is 51.7 cm³/mol. The number of aliphatic hydroxyl groups excluding tert-OH is 1.